The van der Waals surface area contributed by atoms with E-state index in [2.05, 4.69) is 34.2 Å². The first-order chi connectivity index (χ1) is 16.3. The van der Waals surface area contributed by atoms with E-state index in [4.69, 9.17) is 0 Å². The van der Waals surface area contributed by atoms with Gasteiger partial charge in [-0.05, 0) is 51.1 Å². The molecule has 1 radical (unpaired) electrons. The number of hydrogen-bond donors (Lipinski definition) is 0. The number of carbonyl (C=O) groups excluding carboxylic acids is 3. The van der Waals surface area contributed by atoms with Crippen LogP contribution in [0.4, 0.5) is 0 Å². The Balaban J connectivity index is -0.000000441. The van der Waals surface area contributed by atoms with Crippen LogP contribution in [-0.2, 0) is 14.4 Å². The van der Waals surface area contributed by atoms with E-state index >= 15 is 0 Å². The Hall–Kier alpha value is -3.01. The van der Waals surface area contributed by atoms with E-state index in [0.717, 1.165) is 40.0 Å². The Labute approximate surface area is 250 Å². The number of fused-ring (bicyclic) bond motifs is 3. The van der Waals surface area contributed by atoms with Gasteiger partial charge in [-0.15, -0.1) is 17.3 Å². The molecule has 0 fully saturated rings. The van der Waals surface area contributed by atoms with Gasteiger partial charge in [-0.25, -0.2) is 0 Å². The third kappa shape index (κ3) is 19.8. The van der Waals surface area contributed by atoms with Crippen LogP contribution < -0.4 is 15.3 Å². The molecule has 37 heavy (non-hydrogen) atoms. The number of ketones is 3. The molecule has 1 aromatic carbocycles. The summed E-state index contributed by atoms with van der Waals surface area (Å²) in [5.41, 5.74) is 1.95. The molecule has 0 atom stereocenters. The van der Waals surface area contributed by atoms with Gasteiger partial charge in [-0.3, -0.25) is 24.4 Å². The first kappa shape index (κ1) is 38.5. The SMILES string of the molecule is CC(=O)/C=C(/C)[O-].CC(=O)/C=C(/C)[O-].CC(=O)/C=C(/C)[O-].[CH3-].[Gd+3].c1cnc2c(c1)ccc1cccnc12. The topological polar surface area (TPSA) is 146 Å². The van der Waals surface area contributed by atoms with Gasteiger partial charge in [0.05, 0.1) is 11.0 Å². The second-order valence-corrected chi connectivity index (χ2v) is 7.31. The summed E-state index contributed by atoms with van der Waals surface area (Å²) in [6.07, 6.45) is 6.77. The van der Waals surface area contributed by atoms with Crippen molar-refractivity contribution in [2.24, 2.45) is 0 Å². The molecule has 0 unspecified atom stereocenters. The van der Waals surface area contributed by atoms with E-state index in [1.54, 1.807) is 12.4 Å². The number of hydrogen-bond acceptors (Lipinski definition) is 8. The first-order valence-electron chi connectivity index (χ1n) is 10.5. The van der Waals surface area contributed by atoms with Crippen molar-refractivity contribution in [2.75, 3.05) is 0 Å². The number of rotatable bonds is 3. The van der Waals surface area contributed by atoms with E-state index in [9.17, 15) is 29.7 Å². The number of benzene rings is 1. The minimum atomic E-state index is -0.187. The first-order valence-corrected chi connectivity index (χ1v) is 10.5. The zero-order valence-electron chi connectivity index (χ0n) is 22.0. The summed E-state index contributed by atoms with van der Waals surface area (Å²) < 4.78 is 0. The number of aromatic nitrogens is 2. The standard InChI is InChI=1S/C12H8N2.3C5H8O2.CH3.Gd/c1-3-9-5-6-10-4-2-8-14-12(10)11(9)13-7-1;3*1-4(6)3-5(2)7;;/h1-8H;3*3,6H,1-2H3;1H3;/q;;;;-1;+3/p-3/b;3*4-3-;;. The molecule has 8 nitrogen and oxygen atoms in total. The van der Waals surface area contributed by atoms with E-state index < -0.39 is 0 Å². The van der Waals surface area contributed by atoms with Crippen LogP contribution >= 0.6 is 0 Å². The molecule has 0 aliphatic carbocycles. The fourth-order valence-corrected chi connectivity index (χ4v) is 2.54. The molecule has 9 heteroatoms. The van der Waals surface area contributed by atoms with Crippen molar-refractivity contribution in [2.45, 2.75) is 41.5 Å². The van der Waals surface area contributed by atoms with E-state index in [-0.39, 0.29) is 82.0 Å². The van der Waals surface area contributed by atoms with Crippen molar-refractivity contribution in [3.63, 3.8) is 0 Å². The summed E-state index contributed by atoms with van der Waals surface area (Å²) in [5.74, 6) is -1.12. The molecule has 0 bridgehead atoms. The van der Waals surface area contributed by atoms with Gasteiger partial charge in [-0.1, -0.05) is 45.0 Å². The molecule has 0 aliphatic heterocycles. The smallest absolute Gasteiger partial charge is 0.876 e. The summed E-state index contributed by atoms with van der Waals surface area (Å²) in [4.78, 5) is 38.6. The van der Waals surface area contributed by atoms with Crippen molar-refractivity contribution in [3.05, 3.63) is 91.7 Å². The zero-order chi connectivity index (χ0) is 27.0. The summed E-state index contributed by atoms with van der Waals surface area (Å²) in [6, 6.07) is 12.1. The zero-order valence-corrected chi connectivity index (χ0v) is 24.3. The molecular formula is C28H32GdN2O6-. The molecule has 0 saturated heterocycles. The fourth-order valence-electron chi connectivity index (χ4n) is 2.54. The normalized spacial score (nSPS) is 10.6. The maximum atomic E-state index is 9.98. The minimum Gasteiger partial charge on any atom is -0.876 e. The Morgan fingerprint density at radius 3 is 1.05 bits per heavy atom. The van der Waals surface area contributed by atoms with E-state index in [1.165, 1.54) is 41.5 Å². The molecule has 2 aromatic heterocycles. The summed E-state index contributed by atoms with van der Waals surface area (Å²) >= 11 is 0. The van der Waals surface area contributed by atoms with E-state index in [0.29, 0.717) is 0 Å². The third-order valence-electron chi connectivity index (χ3n) is 3.56. The maximum Gasteiger partial charge on any atom is 3.00 e. The molecule has 199 valence electrons. The van der Waals surface area contributed by atoms with Crippen LogP contribution in [0.5, 0.6) is 0 Å². The molecule has 3 rings (SSSR count). The predicted molar refractivity (Wildman–Crippen MR) is 137 cm³/mol. The summed E-state index contributed by atoms with van der Waals surface area (Å²) in [5, 5.41) is 32.2. The van der Waals surface area contributed by atoms with Crippen molar-refractivity contribution < 1.29 is 69.6 Å². The van der Waals surface area contributed by atoms with Crippen LogP contribution in [0.2, 0.25) is 0 Å². The van der Waals surface area contributed by atoms with Crippen LogP contribution in [0.3, 0.4) is 0 Å². The number of nitrogens with zero attached hydrogens (tertiary/aromatic N) is 2. The van der Waals surface area contributed by atoms with Gasteiger partial charge in [0.2, 0.25) is 0 Å². The third-order valence-corrected chi connectivity index (χ3v) is 3.56. The molecule has 0 aliphatic rings. The molecule has 0 amide bonds. The largest absolute Gasteiger partial charge is 3.00 e. The summed E-state index contributed by atoms with van der Waals surface area (Å²) in [6.45, 7) is 8.09. The summed E-state index contributed by atoms with van der Waals surface area (Å²) in [7, 11) is 0. The second-order valence-electron chi connectivity index (χ2n) is 7.31. The fraction of sp³-hybridized carbons (Fsp3) is 0.214. The molecule has 0 N–H and O–H groups in total. The number of carbonyl (C=O) groups is 3. The van der Waals surface area contributed by atoms with Gasteiger partial charge in [0.25, 0.3) is 0 Å². The van der Waals surface area contributed by atoms with Gasteiger partial charge in [0, 0.05) is 23.2 Å². The van der Waals surface area contributed by atoms with Gasteiger partial charge in [0.15, 0.2) is 17.3 Å². The van der Waals surface area contributed by atoms with Crippen LogP contribution in [0.15, 0.2) is 84.3 Å². The van der Waals surface area contributed by atoms with Crippen molar-refractivity contribution >= 4 is 39.2 Å². The van der Waals surface area contributed by atoms with Crippen molar-refractivity contribution in [1.82, 2.24) is 9.97 Å². The Bertz CT molecular complexity index is 1120. The molecule has 3 aromatic rings. The minimum absolute atomic E-state index is 0. The van der Waals surface area contributed by atoms with Crippen LogP contribution in [0, 0.1) is 47.4 Å². The Morgan fingerprint density at radius 1 is 0.595 bits per heavy atom. The maximum absolute atomic E-state index is 9.98. The van der Waals surface area contributed by atoms with Crippen LogP contribution in [0.1, 0.15) is 41.5 Å². The predicted octanol–water partition coefficient (Wildman–Crippen LogP) is 2.75. The van der Waals surface area contributed by atoms with Crippen molar-refractivity contribution in [1.29, 1.82) is 0 Å². The second kappa shape index (κ2) is 21.1. The van der Waals surface area contributed by atoms with Gasteiger partial charge < -0.3 is 22.7 Å². The number of pyridine rings is 2. The van der Waals surface area contributed by atoms with Crippen molar-refractivity contribution in [3.8, 4) is 0 Å². The monoisotopic (exact) mass is 650 g/mol. The Kier molecular flexibility index (Phi) is 22.0. The van der Waals surface area contributed by atoms with Crippen LogP contribution in [-0.4, -0.2) is 27.3 Å². The van der Waals surface area contributed by atoms with Gasteiger partial charge >= 0.3 is 39.9 Å². The molecular weight excluding hydrogens is 618 g/mol. The van der Waals surface area contributed by atoms with Gasteiger partial charge in [-0.2, -0.15) is 0 Å². The Morgan fingerprint density at radius 2 is 0.865 bits per heavy atom. The van der Waals surface area contributed by atoms with E-state index in [1.807, 2.05) is 12.1 Å². The number of allylic oxidation sites excluding steroid dienone is 6. The quantitative estimate of drug-likeness (QED) is 0.182. The molecule has 2 heterocycles. The molecule has 0 saturated carbocycles. The van der Waals surface area contributed by atoms with Gasteiger partial charge in [0.1, 0.15) is 0 Å². The molecule has 0 spiro atoms. The van der Waals surface area contributed by atoms with Crippen LogP contribution in [0.25, 0.3) is 21.8 Å². The average Bonchev–Trinajstić information content (AvgIpc) is 2.72. The average molecular weight is 650 g/mol.